The number of sulfonamides is 1. The Labute approximate surface area is 86.3 Å². The molecule has 80 valence electrons. The van der Waals surface area contributed by atoms with Crippen LogP contribution in [0.15, 0.2) is 37.1 Å². The molecule has 0 aliphatic heterocycles. The summed E-state index contributed by atoms with van der Waals surface area (Å²) in [7, 11) is -3.37. The maximum atomic E-state index is 11.7. The molecule has 0 saturated carbocycles. The maximum Gasteiger partial charge on any atom is 0.237 e. The number of hydrogen-bond donors (Lipinski definition) is 1. The zero-order valence-electron chi connectivity index (χ0n) is 8.87. The van der Waals surface area contributed by atoms with Gasteiger partial charge in [0.25, 0.3) is 0 Å². The van der Waals surface area contributed by atoms with Crippen molar-refractivity contribution in [2.45, 2.75) is 25.5 Å². The van der Waals surface area contributed by atoms with E-state index >= 15 is 0 Å². The van der Waals surface area contributed by atoms with E-state index in [2.05, 4.69) is 17.9 Å². The van der Waals surface area contributed by atoms with Crippen LogP contribution in [0.4, 0.5) is 0 Å². The topological polar surface area (TPSA) is 46.2 Å². The van der Waals surface area contributed by atoms with Crippen LogP contribution in [0.25, 0.3) is 0 Å². The Balaban J connectivity index is 4.93. The highest BCUT2D eigenvalue weighted by Gasteiger charge is 2.28. The Morgan fingerprint density at radius 3 is 2.07 bits per heavy atom. The van der Waals surface area contributed by atoms with Crippen LogP contribution in [0.2, 0.25) is 0 Å². The fourth-order valence-electron chi connectivity index (χ4n) is 0.579. The van der Waals surface area contributed by atoms with Gasteiger partial charge in [-0.2, -0.15) is 0 Å². The van der Waals surface area contributed by atoms with Crippen molar-refractivity contribution in [3.63, 3.8) is 0 Å². The summed E-state index contributed by atoms with van der Waals surface area (Å²) in [6.45, 7) is 11.9. The van der Waals surface area contributed by atoms with E-state index in [4.69, 9.17) is 0 Å². The van der Waals surface area contributed by atoms with Crippen LogP contribution in [-0.4, -0.2) is 13.2 Å². The molecule has 0 heterocycles. The molecule has 3 nitrogen and oxygen atoms in total. The lowest BCUT2D eigenvalue weighted by atomic mass is 10.3. The van der Waals surface area contributed by atoms with Gasteiger partial charge in [0.15, 0.2) is 0 Å². The van der Waals surface area contributed by atoms with Gasteiger partial charge in [-0.3, -0.25) is 4.72 Å². The summed E-state index contributed by atoms with van der Waals surface area (Å²) in [5.74, 6) is 0. The maximum absolute atomic E-state index is 11.7. The molecular weight excluding hydrogens is 198 g/mol. The minimum atomic E-state index is -3.37. The van der Waals surface area contributed by atoms with E-state index in [0.717, 1.165) is 0 Å². The molecule has 0 rings (SSSR count). The second-order valence-electron chi connectivity index (χ2n) is 3.78. The summed E-state index contributed by atoms with van der Waals surface area (Å²) in [6.07, 6.45) is 4.49. The van der Waals surface area contributed by atoms with Gasteiger partial charge in [-0.05, 0) is 32.9 Å². The van der Waals surface area contributed by atoms with Gasteiger partial charge in [-0.25, -0.2) is 8.42 Å². The first kappa shape index (κ1) is 13.0. The fourth-order valence-corrected chi connectivity index (χ4v) is 1.35. The second-order valence-corrected chi connectivity index (χ2v) is 6.22. The van der Waals surface area contributed by atoms with Crippen LogP contribution in [0.3, 0.4) is 0 Å². The molecule has 0 aliphatic rings. The second kappa shape index (κ2) is 4.46. The van der Waals surface area contributed by atoms with Crippen molar-refractivity contribution in [3.8, 4) is 0 Å². The van der Waals surface area contributed by atoms with Crippen molar-refractivity contribution < 1.29 is 8.42 Å². The standard InChI is InChI=1S/C10H17NO2S/c1-6-8-9(7-2)11-14(12,13)10(3,4)5/h6-8,11H,1-2H2,3-5H3/b9-8+. The first-order chi connectivity index (χ1) is 6.24. The molecule has 14 heavy (non-hydrogen) atoms. The fraction of sp³-hybridized carbons (Fsp3) is 0.400. The van der Waals surface area contributed by atoms with Crippen LogP contribution in [0, 0.1) is 0 Å². The van der Waals surface area contributed by atoms with Crippen molar-refractivity contribution in [3.05, 3.63) is 37.1 Å². The summed E-state index contributed by atoms with van der Waals surface area (Å²) >= 11 is 0. The highest BCUT2D eigenvalue weighted by Crippen LogP contribution is 2.14. The third-order valence-corrected chi connectivity index (χ3v) is 3.69. The molecule has 0 unspecified atom stereocenters. The van der Waals surface area contributed by atoms with E-state index in [9.17, 15) is 8.42 Å². The molecule has 1 N–H and O–H groups in total. The molecule has 0 fully saturated rings. The summed E-state index contributed by atoms with van der Waals surface area (Å²) in [4.78, 5) is 0. The van der Waals surface area contributed by atoms with Gasteiger partial charge in [0.05, 0.1) is 4.75 Å². The lowest BCUT2D eigenvalue weighted by molar-refractivity contribution is 0.553. The molecule has 0 aromatic carbocycles. The Hall–Kier alpha value is -1.03. The van der Waals surface area contributed by atoms with Gasteiger partial charge in [0.2, 0.25) is 10.0 Å². The van der Waals surface area contributed by atoms with E-state index in [-0.39, 0.29) is 0 Å². The van der Waals surface area contributed by atoms with Crippen LogP contribution < -0.4 is 4.72 Å². The minimum absolute atomic E-state index is 0.426. The quantitative estimate of drug-likeness (QED) is 0.729. The average molecular weight is 215 g/mol. The summed E-state index contributed by atoms with van der Waals surface area (Å²) in [5, 5.41) is 0. The minimum Gasteiger partial charge on any atom is -0.283 e. The molecule has 0 aromatic heterocycles. The lowest BCUT2D eigenvalue weighted by Crippen LogP contribution is -2.38. The molecule has 4 heteroatoms. The zero-order chi connectivity index (χ0) is 11.4. The van der Waals surface area contributed by atoms with Crippen molar-refractivity contribution in [1.29, 1.82) is 0 Å². The molecule has 0 bridgehead atoms. The summed E-state index contributed by atoms with van der Waals surface area (Å²) in [5.41, 5.74) is 0.426. The molecular formula is C10H17NO2S. The Bertz CT molecular complexity index is 345. The lowest BCUT2D eigenvalue weighted by Gasteiger charge is -2.20. The van der Waals surface area contributed by atoms with E-state index in [1.807, 2.05) is 0 Å². The number of rotatable bonds is 4. The molecule has 0 radical (unpaired) electrons. The van der Waals surface area contributed by atoms with Gasteiger partial charge < -0.3 is 0 Å². The molecule has 0 spiro atoms. The van der Waals surface area contributed by atoms with Crippen LogP contribution >= 0.6 is 0 Å². The average Bonchev–Trinajstić information content (AvgIpc) is 2.01. The largest absolute Gasteiger partial charge is 0.283 e. The van der Waals surface area contributed by atoms with Gasteiger partial charge in [0.1, 0.15) is 0 Å². The Morgan fingerprint density at radius 1 is 1.29 bits per heavy atom. The highest BCUT2D eigenvalue weighted by atomic mass is 32.2. The van der Waals surface area contributed by atoms with Crippen LogP contribution in [-0.2, 0) is 10.0 Å². The van der Waals surface area contributed by atoms with Gasteiger partial charge >= 0.3 is 0 Å². The Kier molecular flexibility index (Phi) is 4.13. The summed E-state index contributed by atoms with van der Waals surface area (Å²) in [6, 6.07) is 0. The van der Waals surface area contributed by atoms with Gasteiger partial charge in [-0.1, -0.05) is 19.2 Å². The number of hydrogen-bond acceptors (Lipinski definition) is 2. The van der Waals surface area contributed by atoms with E-state index < -0.39 is 14.8 Å². The third kappa shape index (κ3) is 3.38. The van der Waals surface area contributed by atoms with E-state index in [0.29, 0.717) is 5.70 Å². The van der Waals surface area contributed by atoms with Crippen LogP contribution in [0.5, 0.6) is 0 Å². The normalized spacial score (nSPS) is 13.5. The van der Waals surface area contributed by atoms with Crippen molar-refractivity contribution in [2.24, 2.45) is 0 Å². The molecule has 0 aliphatic carbocycles. The predicted molar refractivity (Wildman–Crippen MR) is 60.3 cm³/mol. The highest BCUT2D eigenvalue weighted by molar-refractivity contribution is 7.90. The van der Waals surface area contributed by atoms with Crippen molar-refractivity contribution in [1.82, 2.24) is 4.72 Å². The van der Waals surface area contributed by atoms with Crippen LogP contribution in [0.1, 0.15) is 20.8 Å². The monoisotopic (exact) mass is 215 g/mol. The van der Waals surface area contributed by atoms with Gasteiger partial charge in [-0.15, -0.1) is 0 Å². The first-order valence-corrected chi connectivity index (χ1v) is 5.70. The molecule has 0 atom stereocenters. The number of allylic oxidation sites excluding steroid dienone is 3. The van der Waals surface area contributed by atoms with Gasteiger partial charge in [0, 0.05) is 5.70 Å². The zero-order valence-corrected chi connectivity index (χ0v) is 9.69. The third-order valence-electron chi connectivity index (χ3n) is 1.58. The summed E-state index contributed by atoms with van der Waals surface area (Å²) < 4.78 is 24.9. The molecule has 0 aromatic rings. The van der Waals surface area contributed by atoms with E-state index in [1.165, 1.54) is 12.2 Å². The Morgan fingerprint density at radius 2 is 1.79 bits per heavy atom. The smallest absolute Gasteiger partial charge is 0.237 e. The molecule has 0 amide bonds. The number of nitrogens with one attached hydrogen (secondary N) is 1. The van der Waals surface area contributed by atoms with Crippen molar-refractivity contribution >= 4 is 10.0 Å². The van der Waals surface area contributed by atoms with Crippen molar-refractivity contribution in [2.75, 3.05) is 0 Å². The van der Waals surface area contributed by atoms with E-state index in [1.54, 1.807) is 26.8 Å². The molecule has 0 saturated heterocycles. The SMILES string of the molecule is C=C/C=C(\C=C)NS(=O)(=O)C(C)(C)C. The first-order valence-electron chi connectivity index (χ1n) is 4.22. The predicted octanol–water partition coefficient (Wildman–Crippen LogP) is 1.96.